The van der Waals surface area contributed by atoms with Crippen LogP contribution < -0.4 is 5.73 Å². The first-order chi connectivity index (χ1) is 8.26. The van der Waals surface area contributed by atoms with Crippen LogP contribution in [0.15, 0.2) is 30.3 Å². The van der Waals surface area contributed by atoms with Crippen LogP contribution in [0.1, 0.15) is 31.2 Å². The first kappa shape index (κ1) is 11.2. The minimum atomic E-state index is 0.118. The first-order valence-electron chi connectivity index (χ1n) is 6.81. The van der Waals surface area contributed by atoms with Gasteiger partial charge in [0.25, 0.3) is 0 Å². The Morgan fingerprint density at radius 1 is 1.24 bits per heavy atom. The van der Waals surface area contributed by atoms with Crippen molar-refractivity contribution in [2.45, 2.75) is 37.8 Å². The van der Waals surface area contributed by atoms with E-state index in [1.54, 1.807) is 0 Å². The highest BCUT2D eigenvalue weighted by atomic mass is 15.2. The van der Waals surface area contributed by atoms with Gasteiger partial charge in [-0.15, -0.1) is 0 Å². The molecule has 1 saturated carbocycles. The fourth-order valence-electron chi connectivity index (χ4n) is 3.57. The van der Waals surface area contributed by atoms with Gasteiger partial charge in [0.05, 0.1) is 0 Å². The van der Waals surface area contributed by atoms with E-state index in [0.717, 1.165) is 19.0 Å². The second-order valence-corrected chi connectivity index (χ2v) is 5.83. The van der Waals surface area contributed by atoms with E-state index in [9.17, 15) is 0 Å². The van der Waals surface area contributed by atoms with E-state index in [1.807, 2.05) is 0 Å². The molecule has 1 aliphatic heterocycles. The molecular formula is C15H22N2. The summed E-state index contributed by atoms with van der Waals surface area (Å²) in [6, 6.07) is 10.8. The zero-order valence-electron chi connectivity index (χ0n) is 10.4. The van der Waals surface area contributed by atoms with Crippen molar-refractivity contribution in [1.29, 1.82) is 0 Å². The van der Waals surface area contributed by atoms with Crippen molar-refractivity contribution < 1.29 is 0 Å². The highest BCUT2D eigenvalue weighted by molar-refractivity contribution is 5.15. The summed E-state index contributed by atoms with van der Waals surface area (Å²) in [6.07, 6.45) is 5.26. The molecule has 2 nitrogen and oxygen atoms in total. The number of likely N-dealkylation sites (tertiary alicyclic amines) is 1. The standard InChI is InChI=1S/C15H22N2/c16-15-9-5-4-8-14(15)11-17(12-15)10-13-6-2-1-3-7-13/h1-3,6-7,14H,4-5,8-12,16H2/t14-,15+/m1/s1. The fourth-order valence-corrected chi connectivity index (χ4v) is 3.57. The van der Waals surface area contributed by atoms with E-state index in [1.165, 1.54) is 37.8 Å². The number of hydrogen-bond acceptors (Lipinski definition) is 2. The Kier molecular flexibility index (Phi) is 2.93. The summed E-state index contributed by atoms with van der Waals surface area (Å²) in [7, 11) is 0. The van der Waals surface area contributed by atoms with Crippen LogP contribution in [0.25, 0.3) is 0 Å². The summed E-state index contributed by atoms with van der Waals surface area (Å²) in [6.45, 7) is 3.36. The number of nitrogens with two attached hydrogens (primary N) is 1. The van der Waals surface area contributed by atoms with Gasteiger partial charge in [0.2, 0.25) is 0 Å². The van der Waals surface area contributed by atoms with Crippen molar-refractivity contribution in [3.63, 3.8) is 0 Å². The molecule has 0 aromatic heterocycles. The smallest absolute Gasteiger partial charge is 0.0324 e. The molecule has 2 fully saturated rings. The fraction of sp³-hybridized carbons (Fsp3) is 0.600. The number of fused-ring (bicyclic) bond motifs is 1. The van der Waals surface area contributed by atoms with Gasteiger partial charge in [-0.3, -0.25) is 4.90 Å². The second kappa shape index (κ2) is 4.43. The van der Waals surface area contributed by atoms with Crippen molar-refractivity contribution in [2.75, 3.05) is 13.1 Å². The average molecular weight is 230 g/mol. The Bertz CT molecular complexity index is 376. The van der Waals surface area contributed by atoms with Crippen molar-refractivity contribution >= 4 is 0 Å². The maximum atomic E-state index is 6.57. The van der Waals surface area contributed by atoms with Crippen LogP contribution >= 0.6 is 0 Å². The van der Waals surface area contributed by atoms with Crippen molar-refractivity contribution in [3.05, 3.63) is 35.9 Å². The van der Waals surface area contributed by atoms with Crippen LogP contribution in [-0.4, -0.2) is 23.5 Å². The Hall–Kier alpha value is -0.860. The summed E-state index contributed by atoms with van der Waals surface area (Å²) in [5.74, 6) is 0.736. The van der Waals surface area contributed by atoms with E-state index in [0.29, 0.717) is 0 Å². The normalized spacial score (nSPS) is 33.6. The molecule has 1 saturated heterocycles. The quantitative estimate of drug-likeness (QED) is 0.845. The molecule has 92 valence electrons. The van der Waals surface area contributed by atoms with Crippen LogP contribution in [0.3, 0.4) is 0 Å². The van der Waals surface area contributed by atoms with Crippen LogP contribution in [0.2, 0.25) is 0 Å². The molecule has 1 heterocycles. The number of nitrogens with zero attached hydrogens (tertiary/aromatic N) is 1. The predicted octanol–water partition coefficient (Wildman–Crippen LogP) is 2.39. The highest BCUT2D eigenvalue weighted by Crippen LogP contribution is 2.38. The monoisotopic (exact) mass is 230 g/mol. The molecule has 1 aromatic rings. The highest BCUT2D eigenvalue weighted by Gasteiger charge is 2.44. The lowest BCUT2D eigenvalue weighted by atomic mass is 9.76. The molecule has 2 N–H and O–H groups in total. The van der Waals surface area contributed by atoms with Gasteiger partial charge in [0.15, 0.2) is 0 Å². The molecule has 0 spiro atoms. The minimum absolute atomic E-state index is 0.118. The third-order valence-corrected chi connectivity index (χ3v) is 4.50. The van der Waals surface area contributed by atoms with Gasteiger partial charge in [-0.25, -0.2) is 0 Å². The van der Waals surface area contributed by atoms with Gasteiger partial charge in [0.1, 0.15) is 0 Å². The second-order valence-electron chi connectivity index (χ2n) is 5.83. The van der Waals surface area contributed by atoms with Gasteiger partial charge in [-0.05, 0) is 24.3 Å². The maximum absolute atomic E-state index is 6.57. The van der Waals surface area contributed by atoms with Gasteiger partial charge in [0, 0.05) is 25.2 Å². The van der Waals surface area contributed by atoms with Gasteiger partial charge in [-0.1, -0.05) is 43.2 Å². The summed E-state index contributed by atoms with van der Waals surface area (Å²) in [4.78, 5) is 2.55. The summed E-state index contributed by atoms with van der Waals surface area (Å²) < 4.78 is 0. The van der Waals surface area contributed by atoms with Gasteiger partial charge >= 0.3 is 0 Å². The molecule has 0 amide bonds. The molecule has 0 unspecified atom stereocenters. The molecule has 2 aliphatic rings. The van der Waals surface area contributed by atoms with E-state index in [4.69, 9.17) is 5.73 Å². The third-order valence-electron chi connectivity index (χ3n) is 4.50. The molecule has 2 heteroatoms. The SMILES string of the molecule is N[C@]12CCCC[C@@H]1CN(Cc1ccccc1)C2. The molecule has 1 aromatic carbocycles. The van der Waals surface area contributed by atoms with Crippen LogP contribution in [0.4, 0.5) is 0 Å². The average Bonchev–Trinajstić information content (AvgIpc) is 2.66. The van der Waals surface area contributed by atoms with Crippen molar-refractivity contribution in [1.82, 2.24) is 4.90 Å². The van der Waals surface area contributed by atoms with Gasteiger partial charge in [-0.2, -0.15) is 0 Å². The molecule has 1 aliphatic carbocycles. The molecule has 17 heavy (non-hydrogen) atoms. The molecular weight excluding hydrogens is 208 g/mol. The first-order valence-corrected chi connectivity index (χ1v) is 6.81. The summed E-state index contributed by atoms with van der Waals surface area (Å²) in [5, 5.41) is 0. The largest absolute Gasteiger partial charge is 0.324 e. The van der Waals surface area contributed by atoms with Crippen LogP contribution in [0, 0.1) is 5.92 Å². The molecule has 2 atom stereocenters. The summed E-state index contributed by atoms with van der Waals surface area (Å²) in [5.41, 5.74) is 8.10. The zero-order valence-corrected chi connectivity index (χ0v) is 10.4. The lowest BCUT2D eigenvalue weighted by molar-refractivity contribution is 0.245. The minimum Gasteiger partial charge on any atom is -0.324 e. The van der Waals surface area contributed by atoms with Crippen molar-refractivity contribution in [2.24, 2.45) is 11.7 Å². The Morgan fingerprint density at radius 2 is 2.06 bits per heavy atom. The topological polar surface area (TPSA) is 29.3 Å². The zero-order chi connectivity index (χ0) is 11.7. The Morgan fingerprint density at radius 3 is 2.82 bits per heavy atom. The van der Waals surface area contributed by atoms with E-state index in [-0.39, 0.29) is 5.54 Å². The molecule has 3 rings (SSSR count). The van der Waals surface area contributed by atoms with E-state index < -0.39 is 0 Å². The van der Waals surface area contributed by atoms with Crippen molar-refractivity contribution in [3.8, 4) is 0 Å². The molecule has 0 radical (unpaired) electrons. The number of rotatable bonds is 2. The Balaban J connectivity index is 1.67. The Labute approximate surface area is 104 Å². The molecule has 0 bridgehead atoms. The van der Waals surface area contributed by atoms with Gasteiger partial charge < -0.3 is 5.73 Å². The maximum Gasteiger partial charge on any atom is 0.0324 e. The van der Waals surface area contributed by atoms with E-state index in [2.05, 4.69) is 35.2 Å². The number of benzene rings is 1. The van der Waals surface area contributed by atoms with E-state index >= 15 is 0 Å². The lowest BCUT2D eigenvalue weighted by Crippen LogP contribution is -2.49. The summed E-state index contributed by atoms with van der Waals surface area (Å²) >= 11 is 0. The predicted molar refractivity (Wildman–Crippen MR) is 70.6 cm³/mol. The van der Waals surface area contributed by atoms with Crippen LogP contribution in [-0.2, 0) is 6.54 Å². The van der Waals surface area contributed by atoms with Crippen LogP contribution in [0.5, 0.6) is 0 Å². The third kappa shape index (κ3) is 2.24. The number of hydrogen-bond donors (Lipinski definition) is 1. The lowest BCUT2D eigenvalue weighted by Gasteiger charge is -2.34.